The number of hydrogen-bond donors (Lipinski definition) is 1. The molecule has 0 unspecified atom stereocenters. The van der Waals surface area contributed by atoms with Crippen molar-refractivity contribution >= 4 is 6.03 Å². The second-order valence-electron chi connectivity index (χ2n) is 6.64. The summed E-state index contributed by atoms with van der Waals surface area (Å²) >= 11 is 0. The molecule has 0 spiro atoms. The zero-order valence-electron chi connectivity index (χ0n) is 10.9. The molecule has 0 aromatic carbocycles. The van der Waals surface area contributed by atoms with Gasteiger partial charge in [-0.15, -0.1) is 0 Å². The summed E-state index contributed by atoms with van der Waals surface area (Å²) in [6, 6.07) is -0.281. The molecule has 96 valence electrons. The average molecular weight is 237 g/mol. The third-order valence-electron chi connectivity index (χ3n) is 5.06. The Kier molecular flexibility index (Phi) is 2.41. The largest absolute Gasteiger partial charge is 0.350 e. The molecule has 2 N–H and O–H groups in total. The fourth-order valence-corrected chi connectivity index (χ4v) is 5.18. The first-order valence-electron chi connectivity index (χ1n) is 6.77. The molecule has 4 nitrogen and oxygen atoms in total. The number of primary amides is 1. The Bertz CT molecular complexity index is 304. The van der Waals surface area contributed by atoms with Crippen LogP contribution in [0.15, 0.2) is 0 Å². The van der Waals surface area contributed by atoms with Crippen LogP contribution >= 0.6 is 0 Å². The van der Waals surface area contributed by atoms with Gasteiger partial charge >= 0.3 is 6.03 Å². The summed E-state index contributed by atoms with van der Waals surface area (Å²) in [5.41, 5.74) is 5.65. The van der Waals surface area contributed by atoms with Crippen molar-refractivity contribution < 1.29 is 4.79 Å². The van der Waals surface area contributed by atoms with Crippen molar-refractivity contribution in [3.05, 3.63) is 0 Å². The van der Waals surface area contributed by atoms with Gasteiger partial charge in [0.15, 0.2) is 0 Å². The van der Waals surface area contributed by atoms with Crippen molar-refractivity contribution in [3.8, 4) is 0 Å². The molecule has 4 bridgehead atoms. The van der Waals surface area contributed by atoms with E-state index >= 15 is 0 Å². The molecule has 4 saturated carbocycles. The maximum absolute atomic E-state index is 11.8. The van der Waals surface area contributed by atoms with Crippen LogP contribution < -0.4 is 5.73 Å². The molecule has 17 heavy (non-hydrogen) atoms. The van der Waals surface area contributed by atoms with Crippen LogP contribution in [0, 0.1) is 17.8 Å². The van der Waals surface area contributed by atoms with Crippen molar-refractivity contribution in [1.29, 1.82) is 0 Å². The molecule has 0 aromatic heterocycles. The van der Waals surface area contributed by atoms with E-state index in [9.17, 15) is 4.79 Å². The van der Waals surface area contributed by atoms with Crippen molar-refractivity contribution in [2.75, 3.05) is 14.1 Å². The molecular weight excluding hydrogens is 214 g/mol. The van der Waals surface area contributed by atoms with Gasteiger partial charge in [0.25, 0.3) is 0 Å². The molecule has 4 aliphatic rings. The highest BCUT2D eigenvalue weighted by Gasteiger charge is 2.55. The van der Waals surface area contributed by atoms with E-state index in [2.05, 4.69) is 0 Å². The molecule has 0 aliphatic heterocycles. The van der Waals surface area contributed by atoms with E-state index in [0.29, 0.717) is 0 Å². The summed E-state index contributed by atoms with van der Waals surface area (Å²) in [5.74, 6) is 2.51. The van der Waals surface area contributed by atoms with Crippen LogP contribution in [0.1, 0.15) is 38.5 Å². The minimum Gasteiger partial charge on any atom is -0.350 e. The molecule has 0 radical (unpaired) electrons. The highest BCUT2D eigenvalue weighted by molar-refractivity contribution is 5.72. The summed E-state index contributed by atoms with van der Waals surface area (Å²) < 4.78 is 0. The van der Waals surface area contributed by atoms with Crippen LogP contribution in [-0.2, 0) is 0 Å². The smallest absolute Gasteiger partial charge is 0.329 e. The van der Waals surface area contributed by atoms with Crippen LogP contribution in [-0.4, -0.2) is 35.7 Å². The van der Waals surface area contributed by atoms with E-state index in [1.54, 1.807) is 0 Å². The van der Waals surface area contributed by atoms with Gasteiger partial charge in [-0.1, -0.05) is 0 Å². The number of hydrogen-bond acceptors (Lipinski definition) is 2. The molecule has 4 rings (SSSR count). The predicted octanol–water partition coefficient (Wildman–Crippen LogP) is 1.81. The standard InChI is InChI=1S/C13H23N3O/c1-15(2)16(12(14)17)13-6-9-3-10(7-13)5-11(4-9)8-13/h9-11H,3-8H2,1-2H3,(H2,14,17). The molecule has 0 atom stereocenters. The maximum atomic E-state index is 11.8. The Balaban J connectivity index is 1.92. The second kappa shape index (κ2) is 3.61. The lowest BCUT2D eigenvalue weighted by atomic mass is 9.53. The van der Waals surface area contributed by atoms with Gasteiger partial charge in [-0.3, -0.25) is 5.01 Å². The van der Waals surface area contributed by atoms with Gasteiger partial charge in [0.2, 0.25) is 0 Å². The van der Waals surface area contributed by atoms with Crippen molar-refractivity contribution in [1.82, 2.24) is 10.0 Å². The first-order valence-corrected chi connectivity index (χ1v) is 6.77. The Hall–Kier alpha value is -0.770. The first-order chi connectivity index (χ1) is 8.00. The summed E-state index contributed by atoms with van der Waals surface area (Å²) in [6.45, 7) is 0. The lowest BCUT2D eigenvalue weighted by Crippen LogP contribution is -2.66. The predicted molar refractivity (Wildman–Crippen MR) is 66.0 cm³/mol. The van der Waals surface area contributed by atoms with Gasteiger partial charge in [0.05, 0.1) is 5.54 Å². The van der Waals surface area contributed by atoms with Gasteiger partial charge in [-0.25, -0.2) is 9.80 Å². The zero-order chi connectivity index (χ0) is 12.2. The third kappa shape index (κ3) is 1.65. The lowest BCUT2D eigenvalue weighted by Gasteiger charge is -2.60. The number of nitrogens with zero attached hydrogens (tertiary/aromatic N) is 2. The first kappa shape index (κ1) is 11.3. The Morgan fingerprint density at radius 3 is 1.76 bits per heavy atom. The van der Waals surface area contributed by atoms with E-state index in [4.69, 9.17) is 5.73 Å². The molecular formula is C13H23N3O. The van der Waals surface area contributed by atoms with Crippen molar-refractivity contribution in [2.24, 2.45) is 23.5 Å². The molecule has 0 saturated heterocycles. The summed E-state index contributed by atoms with van der Waals surface area (Å²) in [5, 5.41) is 3.74. The van der Waals surface area contributed by atoms with E-state index in [1.807, 2.05) is 24.1 Å². The third-order valence-corrected chi connectivity index (χ3v) is 5.06. The molecule has 0 heterocycles. The number of carbonyl (C=O) groups is 1. The Labute approximate surface area is 103 Å². The SMILES string of the molecule is CN(C)N(C(N)=O)C12CC3CC(CC(C3)C1)C2. The Morgan fingerprint density at radius 2 is 1.47 bits per heavy atom. The number of hydrazine groups is 1. The van der Waals surface area contributed by atoms with E-state index in [-0.39, 0.29) is 11.6 Å². The lowest BCUT2D eigenvalue weighted by molar-refractivity contribution is -0.131. The van der Waals surface area contributed by atoms with Crippen LogP contribution in [0.3, 0.4) is 0 Å². The minimum atomic E-state index is -0.281. The summed E-state index contributed by atoms with van der Waals surface area (Å²) in [6.07, 6.45) is 7.66. The van der Waals surface area contributed by atoms with Crippen molar-refractivity contribution in [2.45, 2.75) is 44.1 Å². The van der Waals surface area contributed by atoms with Gasteiger partial charge in [-0.2, -0.15) is 0 Å². The summed E-state index contributed by atoms with van der Waals surface area (Å²) in [7, 11) is 3.87. The van der Waals surface area contributed by atoms with Crippen LogP contribution in [0.5, 0.6) is 0 Å². The van der Waals surface area contributed by atoms with E-state index in [0.717, 1.165) is 17.8 Å². The molecule has 4 heteroatoms. The van der Waals surface area contributed by atoms with Gasteiger partial charge < -0.3 is 5.73 Å². The van der Waals surface area contributed by atoms with Crippen molar-refractivity contribution in [3.63, 3.8) is 0 Å². The van der Waals surface area contributed by atoms with E-state index < -0.39 is 0 Å². The number of amides is 2. The number of nitrogens with two attached hydrogens (primary N) is 1. The second-order valence-corrected chi connectivity index (χ2v) is 6.64. The number of urea groups is 1. The quantitative estimate of drug-likeness (QED) is 0.745. The fraction of sp³-hybridized carbons (Fsp3) is 0.923. The van der Waals surface area contributed by atoms with Crippen LogP contribution in [0.4, 0.5) is 4.79 Å². The fourth-order valence-electron chi connectivity index (χ4n) is 5.18. The van der Waals surface area contributed by atoms with Crippen LogP contribution in [0.2, 0.25) is 0 Å². The summed E-state index contributed by atoms with van der Waals surface area (Å²) in [4.78, 5) is 11.8. The van der Waals surface area contributed by atoms with Crippen LogP contribution in [0.25, 0.3) is 0 Å². The monoisotopic (exact) mass is 237 g/mol. The van der Waals surface area contributed by atoms with Gasteiger partial charge in [-0.05, 0) is 56.3 Å². The zero-order valence-corrected chi connectivity index (χ0v) is 10.9. The van der Waals surface area contributed by atoms with Gasteiger partial charge in [0, 0.05) is 14.1 Å². The molecule has 4 aliphatic carbocycles. The number of rotatable bonds is 2. The average Bonchev–Trinajstić information content (AvgIpc) is 2.11. The molecule has 2 amide bonds. The molecule has 4 fully saturated rings. The maximum Gasteiger partial charge on any atom is 0.329 e. The molecule has 0 aromatic rings. The van der Waals surface area contributed by atoms with E-state index in [1.165, 1.54) is 38.5 Å². The minimum absolute atomic E-state index is 0.0457. The van der Waals surface area contributed by atoms with Gasteiger partial charge in [0.1, 0.15) is 0 Å². The normalized spacial score (nSPS) is 43.1. The number of carbonyl (C=O) groups excluding carboxylic acids is 1. The highest BCUT2D eigenvalue weighted by atomic mass is 16.2. The Morgan fingerprint density at radius 1 is 1.06 bits per heavy atom. The topological polar surface area (TPSA) is 49.6 Å². The highest BCUT2D eigenvalue weighted by Crippen LogP contribution is 2.57.